The van der Waals surface area contributed by atoms with E-state index >= 15 is 0 Å². The molecule has 98 valence electrons. The minimum atomic E-state index is -0.568. The molecule has 6 nitrogen and oxygen atoms in total. The minimum Gasteiger partial charge on any atom is -0.372 e. The molecule has 0 atom stereocenters. The normalized spacial score (nSPS) is 10.2. The van der Waals surface area contributed by atoms with Gasteiger partial charge >= 0.3 is 0 Å². The molecule has 0 aliphatic carbocycles. The summed E-state index contributed by atoms with van der Waals surface area (Å²) >= 11 is 5.76. The van der Waals surface area contributed by atoms with Crippen LogP contribution in [0.25, 0.3) is 0 Å². The summed E-state index contributed by atoms with van der Waals surface area (Å²) in [7, 11) is 0. The molecule has 0 aliphatic rings. The second-order valence-corrected chi connectivity index (χ2v) is 3.97. The van der Waals surface area contributed by atoms with E-state index in [9.17, 15) is 14.9 Å². The number of hydrogen-bond donors (Lipinski definition) is 1. The van der Waals surface area contributed by atoms with Crippen LogP contribution >= 0.6 is 11.6 Å². The second-order valence-electron chi connectivity index (χ2n) is 3.56. The molecule has 0 aliphatic heterocycles. The average Bonchev–Trinajstić information content (AvgIpc) is 2.30. The highest BCUT2D eigenvalue weighted by Gasteiger charge is 2.16. The molecule has 0 heterocycles. The molecule has 1 amide bonds. The Balaban J connectivity index is 2.88. The number of aryl methyl sites for hydroxylation is 1. The lowest BCUT2D eigenvalue weighted by molar-refractivity contribution is -0.384. The number of nitro groups is 1. The molecule has 1 aromatic rings. The van der Waals surface area contributed by atoms with Crippen molar-refractivity contribution in [3.63, 3.8) is 0 Å². The van der Waals surface area contributed by atoms with Crippen molar-refractivity contribution < 1.29 is 14.5 Å². The lowest BCUT2D eigenvalue weighted by Gasteiger charge is -2.09. The monoisotopic (exact) mass is 272 g/mol. The summed E-state index contributed by atoms with van der Waals surface area (Å²) in [5.41, 5.74) is 0.822. The topological polar surface area (TPSA) is 81.5 Å². The van der Waals surface area contributed by atoms with Crippen LogP contribution in [0.3, 0.4) is 0 Å². The Morgan fingerprint density at radius 1 is 1.56 bits per heavy atom. The number of nitro benzene ring substituents is 1. The Morgan fingerprint density at radius 2 is 2.22 bits per heavy atom. The van der Waals surface area contributed by atoms with Gasteiger partial charge in [-0.3, -0.25) is 14.9 Å². The number of hydrogen-bond acceptors (Lipinski definition) is 4. The number of benzene rings is 1. The highest BCUT2D eigenvalue weighted by Crippen LogP contribution is 2.30. The molecular weight excluding hydrogens is 260 g/mol. The number of halogens is 1. The average molecular weight is 273 g/mol. The van der Waals surface area contributed by atoms with Crippen LogP contribution in [0.2, 0.25) is 5.02 Å². The zero-order valence-electron chi connectivity index (χ0n) is 10.0. The first-order valence-electron chi connectivity index (χ1n) is 5.27. The maximum atomic E-state index is 11.4. The Bertz CT molecular complexity index is 476. The predicted octanol–water partition coefficient (Wildman–Crippen LogP) is 2.53. The number of carbonyl (C=O) groups excluding carboxylic acids is 1. The van der Waals surface area contributed by atoms with Crippen molar-refractivity contribution in [2.24, 2.45) is 0 Å². The number of ether oxygens (including phenoxy) is 1. The fraction of sp³-hybridized carbons (Fsp3) is 0.364. The highest BCUT2D eigenvalue weighted by atomic mass is 35.5. The van der Waals surface area contributed by atoms with Gasteiger partial charge in [0.2, 0.25) is 5.91 Å². The Labute approximate surface area is 109 Å². The molecule has 0 aromatic heterocycles. The Kier molecular flexibility index (Phi) is 5.06. The molecule has 1 N–H and O–H groups in total. The second kappa shape index (κ2) is 6.32. The van der Waals surface area contributed by atoms with E-state index in [1.54, 1.807) is 13.8 Å². The van der Waals surface area contributed by atoms with Gasteiger partial charge in [-0.25, -0.2) is 0 Å². The van der Waals surface area contributed by atoms with Gasteiger partial charge in [0.1, 0.15) is 11.6 Å². The molecule has 1 rings (SSSR count). The number of nitrogens with one attached hydrogen (secondary N) is 1. The van der Waals surface area contributed by atoms with Gasteiger partial charge in [0.25, 0.3) is 5.69 Å². The lowest BCUT2D eigenvalue weighted by atomic mass is 10.2. The van der Waals surface area contributed by atoms with Gasteiger partial charge in [-0.2, -0.15) is 0 Å². The van der Waals surface area contributed by atoms with Crippen LogP contribution < -0.4 is 5.32 Å². The van der Waals surface area contributed by atoms with Gasteiger partial charge in [0.15, 0.2) is 0 Å². The quantitative estimate of drug-likeness (QED) is 0.660. The minimum absolute atomic E-state index is 0.0164. The lowest BCUT2D eigenvalue weighted by Crippen LogP contribution is -2.18. The number of rotatable bonds is 5. The van der Waals surface area contributed by atoms with Crippen LogP contribution in [0.5, 0.6) is 0 Å². The van der Waals surface area contributed by atoms with E-state index in [0.717, 1.165) is 0 Å². The van der Waals surface area contributed by atoms with E-state index in [0.29, 0.717) is 17.9 Å². The van der Waals surface area contributed by atoms with E-state index in [2.05, 4.69) is 5.32 Å². The molecular formula is C11H13ClN2O4. The van der Waals surface area contributed by atoms with Crippen molar-refractivity contribution in [3.8, 4) is 0 Å². The molecule has 0 fully saturated rings. The third kappa shape index (κ3) is 3.68. The van der Waals surface area contributed by atoms with Crippen LogP contribution in [0.4, 0.5) is 11.4 Å². The Hall–Kier alpha value is -1.66. The number of carbonyl (C=O) groups is 1. The molecule has 0 unspecified atom stereocenters. The van der Waals surface area contributed by atoms with Crippen LogP contribution in [-0.2, 0) is 9.53 Å². The third-order valence-corrected chi connectivity index (χ3v) is 2.50. The zero-order chi connectivity index (χ0) is 13.7. The third-order valence-electron chi connectivity index (χ3n) is 2.20. The first kappa shape index (κ1) is 14.4. The maximum absolute atomic E-state index is 11.4. The van der Waals surface area contributed by atoms with Crippen LogP contribution in [-0.4, -0.2) is 24.0 Å². The standard InChI is InChI=1S/C11H13ClN2O4/c1-3-18-6-11(15)13-9-5-8(12)10(14(16)17)4-7(9)2/h4-5H,3,6H2,1-2H3,(H,13,15). The summed E-state index contributed by atoms with van der Waals surface area (Å²) in [4.78, 5) is 21.5. The maximum Gasteiger partial charge on any atom is 0.288 e. The number of anilines is 1. The largest absolute Gasteiger partial charge is 0.372 e. The van der Waals surface area contributed by atoms with Gasteiger partial charge in [-0.05, 0) is 25.5 Å². The smallest absolute Gasteiger partial charge is 0.288 e. The van der Waals surface area contributed by atoms with E-state index < -0.39 is 4.92 Å². The summed E-state index contributed by atoms with van der Waals surface area (Å²) in [5.74, 6) is -0.329. The Morgan fingerprint density at radius 3 is 2.78 bits per heavy atom. The highest BCUT2D eigenvalue weighted by molar-refractivity contribution is 6.33. The number of amides is 1. The van der Waals surface area contributed by atoms with Crippen LogP contribution in [0.15, 0.2) is 12.1 Å². The zero-order valence-corrected chi connectivity index (χ0v) is 10.8. The summed E-state index contributed by atoms with van der Waals surface area (Å²) in [6, 6.07) is 2.68. The van der Waals surface area contributed by atoms with Crippen molar-refractivity contribution in [2.45, 2.75) is 13.8 Å². The summed E-state index contributed by atoms with van der Waals surface area (Å²) in [6.07, 6.45) is 0. The molecule has 0 radical (unpaired) electrons. The molecule has 1 aromatic carbocycles. The van der Waals surface area contributed by atoms with Gasteiger partial charge in [-0.1, -0.05) is 11.6 Å². The molecule has 0 spiro atoms. The predicted molar refractivity (Wildman–Crippen MR) is 68.0 cm³/mol. The fourth-order valence-electron chi connectivity index (χ4n) is 1.32. The van der Waals surface area contributed by atoms with Crippen LogP contribution in [0.1, 0.15) is 12.5 Å². The van der Waals surface area contributed by atoms with Gasteiger partial charge in [0, 0.05) is 18.4 Å². The van der Waals surface area contributed by atoms with Gasteiger partial charge in [0.05, 0.1) is 4.92 Å². The van der Waals surface area contributed by atoms with Crippen molar-refractivity contribution in [3.05, 3.63) is 32.8 Å². The first-order chi connectivity index (χ1) is 8.45. The number of nitrogens with zero attached hydrogens (tertiary/aromatic N) is 1. The SMILES string of the molecule is CCOCC(=O)Nc1cc(Cl)c([N+](=O)[O-])cc1C. The first-order valence-corrected chi connectivity index (χ1v) is 5.65. The molecule has 18 heavy (non-hydrogen) atoms. The van der Waals surface area contributed by atoms with E-state index in [-0.39, 0.29) is 23.2 Å². The molecule has 7 heteroatoms. The molecule has 0 saturated heterocycles. The van der Waals surface area contributed by atoms with E-state index in [4.69, 9.17) is 16.3 Å². The summed E-state index contributed by atoms with van der Waals surface area (Å²) in [6.45, 7) is 3.80. The summed E-state index contributed by atoms with van der Waals surface area (Å²) < 4.78 is 4.95. The van der Waals surface area contributed by atoms with Crippen molar-refractivity contribution in [1.29, 1.82) is 0 Å². The molecule has 0 bridgehead atoms. The van der Waals surface area contributed by atoms with Gasteiger partial charge in [-0.15, -0.1) is 0 Å². The van der Waals surface area contributed by atoms with E-state index in [1.165, 1.54) is 12.1 Å². The van der Waals surface area contributed by atoms with Crippen molar-refractivity contribution in [1.82, 2.24) is 0 Å². The fourth-order valence-corrected chi connectivity index (χ4v) is 1.55. The molecule has 0 saturated carbocycles. The van der Waals surface area contributed by atoms with Crippen molar-refractivity contribution >= 4 is 28.9 Å². The summed E-state index contributed by atoms with van der Waals surface area (Å²) in [5, 5.41) is 13.2. The van der Waals surface area contributed by atoms with Crippen LogP contribution in [0, 0.1) is 17.0 Å². The van der Waals surface area contributed by atoms with E-state index in [1.807, 2.05) is 0 Å². The van der Waals surface area contributed by atoms with Gasteiger partial charge < -0.3 is 10.1 Å². The van der Waals surface area contributed by atoms with Crippen molar-refractivity contribution in [2.75, 3.05) is 18.5 Å².